The van der Waals surface area contributed by atoms with E-state index in [-0.39, 0.29) is 10.2 Å². The first-order valence-electron chi connectivity index (χ1n) is 6.29. The molecule has 4 nitrogen and oxygen atoms in total. The van der Waals surface area contributed by atoms with Crippen molar-refractivity contribution >= 4 is 17.4 Å². The van der Waals surface area contributed by atoms with Gasteiger partial charge in [-0.1, -0.05) is 42.5 Å². The summed E-state index contributed by atoms with van der Waals surface area (Å²) in [5.41, 5.74) is 7.51. The number of benzene rings is 2. The van der Waals surface area contributed by atoms with Crippen molar-refractivity contribution in [1.82, 2.24) is 0 Å². The molecular formula is C15H16N2O2S. The molecular weight excluding hydrogens is 272 g/mol. The predicted molar refractivity (Wildman–Crippen MR) is 82.4 cm³/mol. The van der Waals surface area contributed by atoms with E-state index in [1.807, 2.05) is 48.5 Å². The molecule has 2 rings (SSSR count). The third kappa shape index (κ3) is 3.30. The Morgan fingerprint density at radius 2 is 1.70 bits per heavy atom. The summed E-state index contributed by atoms with van der Waals surface area (Å²) in [7, 11) is 0. The highest BCUT2D eigenvalue weighted by Gasteiger charge is 2.29. The lowest BCUT2D eigenvalue weighted by molar-refractivity contribution is -0.518. The first-order valence-corrected chi connectivity index (χ1v) is 7.17. The van der Waals surface area contributed by atoms with Gasteiger partial charge in [0.2, 0.25) is 6.04 Å². The molecule has 0 aliphatic carbocycles. The van der Waals surface area contributed by atoms with E-state index in [1.165, 1.54) is 11.8 Å². The van der Waals surface area contributed by atoms with Crippen molar-refractivity contribution in [2.75, 3.05) is 5.73 Å². The van der Waals surface area contributed by atoms with E-state index in [2.05, 4.69) is 0 Å². The largest absolute Gasteiger partial charge is 0.398 e. The van der Waals surface area contributed by atoms with Gasteiger partial charge in [0.05, 0.1) is 0 Å². The number of anilines is 1. The van der Waals surface area contributed by atoms with E-state index in [0.717, 1.165) is 10.5 Å². The highest BCUT2D eigenvalue weighted by molar-refractivity contribution is 7.99. The lowest BCUT2D eigenvalue weighted by Gasteiger charge is -2.19. The fraction of sp³-hybridized carbons (Fsp3) is 0.200. The second kappa shape index (κ2) is 6.43. The molecule has 0 amide bonds. The van der Waals surface area contributed by atoms with Gasteiger partial charge in [-0.25, -0.2) is 0 Å². The molecule has 0 aliphatic rings. The van der Waals surface area contributed by atoms with Crippen LogP contribution < -0.4 is 5.73 Å². The summed E-state index contributed by atoms with van der Waals surface area (Å²) in [5, 5.41) is 10.9. The fourth-order valence-electron chi connectivity index (χ4n) is 1.92. The Labute approximate surface area is 122 Å². The van der Waals surface area contributed by atoms with Crippen molar-refractivity contribution in [2.45, 2.75) is 23.1 Å². The lowest BCUT2D eigenvalue weighted by Crippen LogP contribution is -2.22. The van der Waals surface area contributed by atoms with Crippen LogP contribution in [-0.2, 0) is 0 Å². The highest BCUT2D eigenvalue weighted by Crippen LogP contribution is 2.40. The van der Waals surface area contributed by atoms with Gasteiger partial charge in [0.1, 0.15) is 5.25 Å². The summed E-state index contributed by atoms with van der Waals surface area (Å²) in [6, 6.07) is 16.3. The Hall–Kier alpha value is -2.01. The first-order chi connectivity index (χ1) is 9.59. The standard InChI is InChI=1S/C15H16N2O2S/c1-11(17(18)19)15(12-7-3-2-4-8-12)20-14-10-6-5-9-13(14)16/h2-11,15H,16H2,1H3/t11-,15+/m1/s1. The van der Waals surface area contributed by atoms with E-state index in [9.17, 15) is 10.1 Å². The summed E-state index contributed by atoms with van der Waals surface area (Å²) < 4.78 is 0. The average molecular weight is 288 g/mol. The minimum Gasteiger partial charge on any atom is -0.398 e. The molecule has 104 valence electrons. The van der Waals surface area contributed by atoms with E-state index in [1.54, 1.807) is 13.0 Å². The zero-order valence-corrected chi connectivity index (χ0v) is 11.9. The summed E-state index contributed by atoms with van der Waals surface area (Å²) in [4.78, 5) is 11.8. The smallest absolute Gasteiger partial charge is 0.226 e. The zero-order valence-electron chi connectivity index (χ0n) is 11.1. The van der Waals surface area contributed by atoms with Gasteiger partial charge in [0.15, 0.2) is 0 Å². The molecule has 0 unspecified atom stereocenters. The van der Waals surface area contributed by atoms with Gasteiger partial charge in [-0.05, 0) is 17.7 Å². The number of nitro groups is 1. The Kier molecular flexibility index (Phi) is 4.63. The Morgan fingerprint density at radius 1 is 1.10 bits per heavy atom. The van der Waals surface area contributed by atoms with E-state index >= 15 is 0 Å². The summed E-state index contributed by atoms with van der Waals surface area (Å²) in [6.07, 6.45) is 0. The summed E-state index contributed by atoms with van der Waals surface area (Å²) >= 11 is 1.44. The van der Waals surface area contributed by atoms with Crippen LogP contribution in [0.1, 0.15) is 17.7 Å². The van der Waals surface area contributed by atoms with Crippen LogP contribution in [0.15, 0.2) is 59.5 Å². The minimum atomic E-state index is -0.693. The number of hydrogen-bond acceptors (Lipinski definition) is 4. The quantitative estimate of drug-likeness (QED) is 0.393. The third-order valence-electron chi connectivity index (χ3n) is 3.07. The number of rotatable bonds is 5. The maximum Gasteiger partial charge on any atom is 0.226 e. The predicted octanol–water partition coefficient (Wildman–Crippen LogP) is 3.77. The molecule has 2 atom stereocenters. The number of hydrogen-bond donors (Lipinski definition) is 1. The molecule has 20 heavy (non-hydrogen) atoms. The molecule has 0 radical (unpaired) electrons. The van der Waals surface area contributed by atoms with Crippen molar-refractivity contribution in [3.63, 3.8) is 0 Å². The molecule has 0 saturated heterocycles. The summed E-state index contributed by atoms with van der Waals surface area (Å²) in [6.45, 7) is 1.63. The van der Waals surface area contributed by atoms with Crippen LogP contribution in [0.4, 0.5) is 5.69 Å². The first kappa shape index (κ1) is 14.4. The maximum atomic E-state index is 11.2. The van der Waals surface area contributed by atoms with Gasteiger partial charge >= 0.3 is 0 Å². The van der Waals surface area contributed by atoms with Crippen molar-refractivity contribution in [2.24, 2.45) is 0 Å². The number of nitrogens with two attached hydrogens (primary N) is 1. The molecule has 0 bridgehead atoms. The van der Waals surface area contributed by atoms with Crippen LogP contribution in [0.2, 0.25) is 0 Å². The molecule has 0 aliphatic heterocycles. The van der Waals surface area contributed by atoms with E-state index < -0.39 is 6.04 Å². The van der Waals surface area contributed by atoms with Gasteiger partial charge in [0, 0.05) is 22.4 Å². The van der Waals surface area contributed by atoms with Crippen LogP contribution in [0.3, 0.4) is 0 Å². The van der Waals surface area contributed by atoms with Crippen LogP contribution in [0.25, 0.3) is 0 Å². The van der Waals surface area contributed by atoms with Gasteiger partial charge in [0.25, 0.3) is 0 Å². The molecule has 2 aromatic rings. The minimum absolute atomic E-state index is 0.246. The van der Waals surface area contributed by atoms with Crippen molar-refractivity contribution in [3.05, 3.63) is 70.3 Å². The fourth-order valence-corrected chi connectivity index (χ4v) is 3.15. The van der Waals surface area contributed by atoms with Crippen LogP contribution in [0.5, 0.6) is 0 Å². The number of thioether (sulfide) groups is 1. The second-order valence-electron chi connectivity index (χ2n) is 4.51. The molecule has 0 saturated carbocycles. The second-order valence-corrected chi connectivity index (χ2v) is 5.70. The third-order valence-corrected chi connectivity index (χ3v) is 4.62. The number of nitrogen functional groups attached to an aromatic ring is 1. The van der Waals surface area contributed by atoms with Crippen molar-refractivity contribution in [3.8, 4) is 0 Å². The zero-order chi connectivity index (χ0) is 14.5. The van der Waals surface area contributed by atoms with Crippen LogP contribution in [-0.4, -0.2) is 11.0 Å². The normalized spacial score (nSPS) is 13.7. The van der Waals surface area contributed by atoms with Crippen LogP contribution in [0, 0.1) is 10.1 Å². The lowest BCUT2D eigenvalue weighted by atomic mass is 10.1. The molecule has 5 heteroatoms. The Morgan fingerprint density at radius 3 is 2.30 bits per heavy atom. The molecule has 0 aromatic heterocycles. The molecule has 0 spiro atoms. The maximum absolute atomic E-state index is 11.2. The van der Waals surface area contributed by atoms with Crippen LogP contribution >= 0.6 is 11.8 Å². The summed E-state index contributed by atoms with van der Waals surface area (Å²) in [5.74, 6) is 0. The monoisotopic (exact) mass is 288 g/mol. The van der Waals surface area contributed by atoms with E-state index in [0.29, 0.717) is 5.69 Å². The average Bonchev–Trinajstić information content (AvgIpc) is 2.46. The molecule has 2 N–H and O–H groups in total. The van der Waals surface area contributed by atoms with Crippen molar-refractivity contribution in [1.29, 1.82) is 0 Å². The number of para-hydroxylation sites is 1. The van der Waals surface area contributed by atoms with Crippen molar-refractivity contribution < 1.29 is 4.92 Å². The Balaban J connectivity index is 2.33. The molecule has 0 heterocycles. The van der Waals surface area contributed by atoms with E-state index in [4.69, 9.17) is 5.73 Å². The van der Waals surface area contributed by atoms with Gasteiger partial charge in [-0.2, -0.15) is 0 Å². The highest BCUT2D eigenvalue weighted by atomic mass is 32.2. The van der Waals surface area contributed by atoms with Gasteiger partial charge in [-0.15, -0.1) is 11.8 Å². The molecule has 2 aromatic carbocycles. The number of nitrogens with zero attached hydrogens (tertiary/aromatic N) is 1. The molecule has 0 fully saturated rings. The topological polar surface area (TPSA) is 69.2 Å². The van der Waals surface area contributed by atoms with Gasteiger partial charge < -0.3 is 5.73 Å². The van der Waals surface area contributed by atoms with Gasteiger partial charge in [-0.3, -0.25) is 10.1 Å². The SMILES string of the molecule is C[C@H]([C@H](Sc1ccccc1N)c1ccccc1)[N+](=O)[O-]. The Bertz CT molecular complexity index is 589.